The van der Waals surface area contributed by atoms with Gasteiger partial charge in [-0.3, -0.25) is 9.78 Å². The van der Waals surface area contributed by atoms with E-state index in [0.717, 1.165) is 11.0 Å². The number of aromatic nitrogens is 2. The molecule has 0 aliphatic rings. The molecule has 2 aromatic carbocycles. The number of para-hydroxylation sites is 2. The van der Waals surface area contributed by atoms with E-state index >= 15 is 0 Å². The maximum atomic E-state index is 12.3. The van der Waals surface area contributed by atoms with Gasteiger partial charge in [0.05, 0.1) is 22.9 Å². The van der Waals surface area contributed by atoms with Crippen LogP contribution in [0.3, 0.4) is 0 Å². The molecule has 1 aromatic heterocycles. The van der Waals surface area contributed by atoms with Gasteiger partial charge in [0, 0.05) is 16.7 Å². The lowest BCUT2D eigenvalue weighted by Gasteiger charge is -2.04. The second-order valence-corrected chi connectivity index (χ2v) is 6.07. The minimum Gasteiger partial charge on any atom is -0.323 e. The first-order valence-electron chi connectivity index (χ1n) is 7.36. The van der Waals surface area contributed by atoms with Gasteiger partial charge in [-0.05, 0) is 42.5 Å². The highest BCUT2D eigenvalue weighted by Crippen LogP contribution is 2.26. The fraction of sp³-hybridized carbons (Fsp3) is 0.0556. The predicted octanol–water partition coefficient (Wildman–Crippen LogP) is 4.60. The lowest BCUT2D eigenvalue weighted by Crippen LogP contribution is -2.07. The molecule has 1 amide bonds. The molecule has 0 radical (unpaired) electrons. The topological polar surface area (TPSA) is 54.9 Å². The quantitative estimate of drug-likeness (QED) is 0.536. The van der Waals surface area contributed by atoms with E-state index in [1.807, 2.05) is 24.3 Å². The van der Waals surface area contributed by atoms with Gasteiger partial charge in [-0.1, -0.05) is 23.9 Å². The number of rotatable bonds is 5. The molecule has 0 aliphatic heterocycles. The Balaban J connectivity index is 1.63. The summed E-state index contributed by atoms with van der Waals surface area (Å²) in [7, 11) is 0. The molecular weight excluding hydrogens is 344 g/mol. The number of benzene rings is 2. The molecule has 0 unspecified atom stereocenters. The predicted molar refractivity (Wildman–Crippen MR) is 95.5 cm³/mol. The molecule has 0 atom stereocenters. The van der Waals surface area contributed by atoms with Gasteiger partial charge in [-0.15, -0.1) is 0 Å². The van der Waals surface area contributed by atoms with Crippen molar-refractivity contribution in [1.29, 1.82) is 0 Å². The maximum absolute atomic E-state index is 12.3. The van der Waals surface area contributed by atoms with Crippen molar-refractivity contribution in [3.63, 3.8) is 0 Å². The second kappa shape index (κ2) is 7.85. The van der Waals surface area contributed by atoms with Crippen molar-refractivity contribution in [3.8, 4) is 0 Å². The number of nitrogens with zero attached hydrogens (tertiary/aromatic N) is 2. The average molecular weight is 357 g/mol. The summed E-state index contributed by atoms with van der Waals surface area (Å²) >= 11 is 0.459. The molecule has 0 saturated heterocycles. The Morgan fingerprint density at radius 2 is 1.80 bits per heavy atom. The number of hydrogen-bond acceptors (Lipinski definition) is 4. The molecule has 0 saturated carbocycles. The van der Waals surface area contributed by atoms with Crippen LogP contribution >= 0.6 is 11.8 Å². The molecule has 0 bridgehead atoms. The summed E-state index contributed by atoms with van der Waals surface area (Å²) in [5, 5.41) is 2.66. The lowest BCUT2D eigenvalue weighted by atomic mass is 10.3. The van der Waals surface area contributed by atoms with E-state index in [4.69, 9.17) is 0 Å². The van der Waals surface area contributed by atoms with Gasteiger partial charge in [-0.2, -0.15) is 8.78 Å². The maximum Gasteiger partial charge on any atom is 0.288 e. The Kier molecular flexibility index (Phi) is 5.35. The summed E-state index contributed by atoms with van der Waals surface area (Å²) in [5.41, 5.74) is 2.62. The van der Waals surface area contributed by atoms with E-state index < -0.39 is 5.76 Å². The standard InChI is InChI=1S/C18H13F2N3OS/c19-18(20)25-14-8-5-12(6-9-14)23-17(24)10-7-13-11-21-15-3-1-2-4-16(15)22-13/h1-11,18H,(H,23,24)/b10-7+. The molecule has 1 N–H and O–H groups in total. The number of amides is 1. The number of hydrogen-bond donors (Lipinski definition) is 1. The minimum atomic E-state index is -2.47. The molecule has 0 aliphatic carbocycles. The zero-order valence-electron chi connectivity index (χ0n) is 12.9. The van der Waals surface area contributed by atoms with Crippen molar-refractivity contribution in [1.82, 2.24) is 9.97 Å². The zero-order valence-corrected chi connectivity index (χ0v) is 13.7. The van der Waals surface area contributed by atoms with Crippen LogP contribution in [0.2, 0.25) is 0 Å². The molecule has 1 heterocycles. The SMILES string of the molecule is O=C(/C=C/c1cnc2ccccc2n1)Nc1ccc(SC(F)F)cc1. The summed E-state index contributed by atoms with van der Waals surface area (Å²) in [5.74, 6) is -2.81. The van der Waals surface area contributed by atoms with Crippen molar-refractivity contribution in [2.24, 2.45) is 0 Å². The highest BCUT2D eigenvalue weighted by Gasteiger charge is 2.05. The smallest absolute Gasteiger partial charge is 0.288 e. The third kappa shape index (κ3) is 4.84. The minimum absolute atomic E-state index is 0.343. The summed E-state index contributed by atoms with van der Waals surface area (Å²) in [6.07, 6.45) is 4.50. The van der Waals surface area contributed by atoms with E-state index in [1.54, 1.807) is 24.4 Å². The fourth-order valence-electron chi connectivity index (χ4n) is 2.12. The highest BCUT2D eigenvalue weighted by molar-refractivity contribution is 7.99. The van der Waals surface area contributed by atoms with E-state index in [1.165, 1.54) is 18.2 Å². The third-order valence-corrected chi connectivity index (χ3v) is 3.94. The van der Waals surface area contributed by atoms with E-state index in [-0.39, 0.29) is 5.91 Å². The van der Waals surface area contributed by atoms with Crippen LogP contribution in [0.1, 0.15) is 5.69 Å². The van der Waals surface area contributed by atoms with Crippen LogP contribution in [0.25, 0.3) is 17.1 Å². The van der Waals surface area contributed by atoms with Gasteiger partial charge in [0.15, 0.2) is 0 Å². The molecule has 3 aromatic rings. The molecule has 4 nitrogen and oxygen atoms in total. The highest BCUT2D eigenvalue weighted by atomic mass is 32.2. The van der Waals surface area contributed by atoms with E-state index in [2.05, 4.69) is 15.3 Å². The van der Waals surface area contributed by atoms with Crippen LogP contribution in [0.5, 0.6) is 0 Å². The van der Waals surface area contributed by atoms with Crippen molar-refractivity contribution in [2.75, 3.05) is 5.32 Å². The Hall–Kier alpha value is -2.80. The number of carbonyl (C=O) groups excluding carboxylic acids is 1. The van der Waals surface area contributed by atoms with Crippen molar-refractivity contribution in [2.45, 2.75) is 10.7 Å². The van der Waals surface area contributed by atoms with Gasteiger partial charge >= 0.3 is 0 Å². The van der Waals surface area contributed by atoms with Crippen LogP contribution < -0.4 is 5.32 Å². The lowest BCUT2D eigenvalue weighted by molar-refractivity contribution is -0.111. The molecule has 0 fully saturated rings. The van der Waals surface area contributed by atoms with Gasteiger partial charge < -0.3 is 5.32 Å². The number of alkyl halides is 2. The molecule has 3 rings (SSSR count). The summed E-state index contributed by atoms with van der Waals surface area (Å²) in [4.78, 5) is 21.0. The van der Waals surface area contributed by atoms with Crippen molar-refractivity contribution >= 4 is 40.5 Å². The molecular formula is C18H13F2N3OS. The third-order valence-electron chi connectivity index (χ3n) is 3.22. The van der Waals surface area contributed by atoms with Gasteiger partial charge in [0.1, 0.15) is 0 Å². The second-order valence-electron chi connectivity index (χ2n) is 5.01. The first-order valence-corrected chi connectivity index (χ1v) is 8.24. The van der Waals surface area contributed by atoms with Gasteiger partial charge in [-0.25, -0.2) is 4.98 Å². The van der Waals surface area contributed by atoms with Crippen LogP contribution in [0, 0.1) is 0 Å². The summed E-state index contributed by atoms with van der Waals surface area (Å²) in [6, 6.07) is 13.7. The number of fused-ring (bicyclic) bond motifs is 1. The largest absolute Gasteiger partial charge is 0.323 e. The fourth-order valence-corrected chi connectivity index (χ4v) is 2.62. The Morgan fingerprint density at radius 3 is 2.52 bits per heavy atom. The summed E-state index contributed by atoms with van der Waals surface area (Å²) < 4.78 is 24.5. The molecule has 7 heteroatoms. The van der Waals surface area contributed by atoms with E-state index in [9.17, 15) is 13.6 Å². The first kappa shape index (κ1) is 17.0. The first-order chi connectivity index (χ1) is 12.1. The zero-order chi connectivity index (χ0) is 17.6. The van der Waals surface area contributed by atoms with Crippen LogP contribution in [0.15, 0.2) is 65.7 Å². The Bertz CT molecular complexity index is 914. The van der Waals surface area contributed by atoms with Gasteiger partial charge in [0.25, 0.3) is 5.76 Å². The normalized spacial score (nSPS) is 11.3. The number of thioether (sulfide) groups is 1. The molecule has 126 valence electrons. The monoisotopic (exact) mass is 357 g/mol. The Labute approximate surface area is 147 Å². The van der Waals surface area contributed by atoms with Crippen LogP contribution in [0.4, 0.5) is 14.5 Å². The van der Waals surface area contributed by atoms with Crippen LogP contribution in [-0.4, -0.2) is 21.6 Å². The van der Waals surface area contributed by atoms with Crippen molar-refractivity contribution in [3.05, 3.63) is 66.5 Å². The molecule has 25 heavy (non-hydrogen) atoms. The van der Waals surface area contributed by atoms with E-state index in [0.29, 0.717) is 28.0 Å². The summed E-state index contributed by atoms with van der Waals surface area (Å²) in [6.45, 7) is 0. The number of nitrogens with one attached hydrogen (secondary N) is 1. The number of carbonyl (C=O) groups is 1. The number of anilines is 1. The number of halogens is 2. The molecule has 0 spiro atoms. The van der Waals surface area contributed by atoms with Crippen LogP contribution in [-0.2, 0) is 4.79 Å². The Morgan fingerprint density at radius 1 is 1.08 bits per heavy atom. The van der Waals surface area contributed by atoms with Gasteiger partial charge in [0.2, 0.25) is 5.91 Å². The average Bonchev–Trinajstić information content (AvgIpc) is 2.61. The van der Waals surface area contributed by atoms with Crippen molar-refractivity contribution < 1.29 is 13.6 Å².